The summed E-state index contributed by atoms with van der Waals surface area (Å²) in [5.74, 6) is -2.56. The van der Waals surface area contributed by atoms with Gasteiger partial charge in [0.25, 0.3) is 5.91 Å². The Hall–Kier alpha value is -4.09. The second kappa shape index (κ2) is 12.0. The quantitative estimate of drug-likeness (QED) is 0.233. The number of aliphatic imine (C=N–C) groups is 1. The second-order valence-corrected chi connectivity index (χ2v) is 8.86. The van der Waals surface area contributed by atoms with Crippen LogP contribution >= 0.6 is 0 Å². The Morgan fingerprint density at radius 3 is 2.32 bits per heavy atom. The van der Waals surface area contributed by atoms with Gasteiger partial charge >= 0.3 is 6.18 Å². The Labute approximate surface area is 215 Å². The summed E-state index contributed by atoms with van der Waals surface area (Å²) in [7, 11) is 0. The Morgan fingerprint density at radius 2 is 1.63 bits per heavy atom. The average molecular weight is 533 g/mol. The highest BCUT2D eigenvalue weighted by molar-refractivity contribution is 6.02. The highest BCUT2D eigenvalue weighted by Gasteiger charge is 2.30. The molecular weight excluding hydrogens is 507 g/mol. The van der Waals surface area contributed by atoms with Crippen LogP contribution in [0.5, 0.6) is 0 Å². The van der Waals surface area contributed by atoms with Crippen LogP contribution in [0.3, 0.4) is 0 Å². The summed E-state index contributed by atoms with van der Waals surface area (Å²) in [4.78, 5) is 25.0. The van der Waals surface area contributed by atoms with Crippen LogP contribution in [0.25, 0.3) is 0 Å². The first-order valence-electron chi connectivity index (χ1n) is 12.0. The van der Waals surface area contributed by atoms with Crippen LogP contribution in [-0.4, -0.2) is 33.9 Å². The largest absolute Gasteiger partial charge is 0.416 e. The van der Waals surface area contributed by atoms with Crippen LogP contribution in [0.1, 0.15) is 47.2 Å². The fourth-order valence-electron chi connectivity index (χ4n) is 4.09. The van der Waals surface area contributed by atoms with Crippen molar-refractivity contribution in [1.82, 2.24) is 20.6 Å². The normalized spacial score (nSPS) is 18.1. The van der Waals surface area contributed by atoms with Gasteiger partial charge in [0.1, 0.15) is 0 Å². The topological polar surface area (TPSA) is 91.3 Å². The number of carbonyl (C=O) groups is 1. The molecule has 3 aromatic rings. The number of rotatable bonds is 6. The van der Waals surface area contributed by atoms with Crippen molar-refractivity contribution in [2.75, 3.05) is 5.32 Å². The van der Waals surface area contributed by atoms with Crippen molar-refractivity contribution in [3.8, 4) is 0 Å². The first kappa shape index (κ1) is 27.0. The Kier molecular flexibility index (Phi) is 8.49. The molecule has 3 N–H and O–H groups in total. The fourth-order valence-corrected chi connectivity index (χ4v) is 4.09. The molecule has 12 heteroatoms. The number of benzene rings is 2. The van der Waals surface area contributed by atoms with E-state index in [2.05, 4.69) is 30.9 Å². The van der Waals surface area contributed by atoms with Crippen LogP contribution in [0.15, 0.2) is 65.9 Å². The second-order valence-electron chi connectivity index (χ2n) is 8.86. The average Bonchev–Trinajstić information content (AvgIpc) is 2.90. The molecule has 0 spiro atoms. The van der Waals surface area contributed by atoms with E-state index in [9.17, 15) is 26.7 Å². The summed E-state index contributed by atoms with van der Waals surface area (Å²) in [5.41, 5.74) is -0.639. The Bertz CT molecular complexity index is 1280. The lowest BCUT2D eigenvalue weighted by atomic mass is 9.91. The molecule has 0 aliphatic heterocycles. The number of alkyl halides is 3. The summed E-state index contributed by atoms with van der Waals surface area (Å²) in [6, 6.07) is 9.24. The van der Waals surface area contributed by atoms with Crippen molar-refractivity contribution in [3.63, 3.8) is 0 Å². The van der Waals surface area contributed by atoms with Gasteiger partial charge in [0.15, 0.2) is 17.6 Å². The van der Waals surface area contributed by atoms with Gasteiger partial charge in [-0.1, -0.05) is 12.1 Å². The van der Waals surface area contributed by atoms with Crippen molar-refractivity contribution in [3.05, 3.63) is 89.2 Å². The molecule has 1 saturated carbocycles. The summed E-state index contributed by atoms with van der Waals surface area (Å²) in [5, 5.41) is 9.31. The number of hydrogen-bond donors (Lipinski definition) is 3. The van der Waals surface area contributed by atoms with E-state index in [0.717, 1.165) is 43.2 Å². The number of nitrogens with zero attached hydrogens (tertiary/aromatic N) is 3. The van der Waals surface area contributed by atoms with Crippen molar-refractivity contribution in [2.45, 2.75) is 50.5 Å². The number of anilines is 1. The van der Waals surface area contributed by atoms with Crippen LogP contribution in [0, 0.1) is 11.6 Å². The van der Waals surface area contributed by atoms with Gasteiger partial charge in [-0.15, -0.1) is 0 Å². The molecule has 1 aromatic heterocycles. The van der Waals surface area contributed by atoms with E-state index < -0.39 is 29.3 Å². The SMILES string of the molecule is O=C(/N=C(/NCc1cccc(C(F)(F)F)c1)N[C@H]1CC[C@H](Nc2ncccn2)CC1)c1ccc(F)c(F)c1. The van der Waals surface area contributed by atoms with Crippen molar-refractivity contribution in [2.24, 2.45) is 4.99 Å². The molecule has 2 aromatic carbocycles. The molecule has 1 fully saturated rings. The molecule has 0 saturated heterocycles. The van der Waals surface area contributed by atoms with Crippen LogP contribution in [0.4, 0.5) is 27.9 Å². The van der Waals surface area contributed by atoms with Crippen molar-refractivity contribution in [1.29, 1.82) is 0 Å². The molecular formula is C26H25F5N6O. The molecule has 1 aliphatic carbocycles. The number of hydrogen-bond acceptors (Lipinski definition) is 4. The van der Waals surface area contributed by atoms with Crippen LogP contribution < -0.4 is 16.0 Å². The van der Waals surface area contributed by atoms with Gasteiger partial charge in [-0.3, -0.25) is 4.79 Å². The van der Waals surface area contributed by atoms with E-state index in [1.54, 1.807) is 18.5 Å². The molecule has 1 aliphatic rings. The van der Waals surface area contributed by atoms with Gasteiger partial charge in [-0.2, -0.15) is 18.2 Å². The molecule has 0 bridgehead atoms. The first-order valence-corrected chi connectivity index (χ1v) is 12.0. The molecule has 0 unspecified atom stereocenters. The molecule has 200 valence electrons. The van der Waals surface area contributed by atoms with E-state index in [1.165, 1.54) is 12.1 Å². The van der Waals surface area contributed by atoms with Crippen molar-refractivity contribution >= 4 is 17.8 Å². The maximum absolute atomic E-state index is 13.6. The zero-order valence-corrected chi connectivity index (χ0v) is 20.1. The predicted molar refractivity (Wildman–Crippen MR) is 131 cm³/mol. The number of carbonyl (C=O) groups excluding carboxylic acids is 1. The maximum atomic E-state index is 13.6. The number of guanidine groups is 1. The van der Waals surface area contributed by atoms with E-state index >= 15 is 0 Å². The summed E-state index contributed by atoms with van der Waals surface area (Å²) >= 11 is 0. The number of nitrogens with one attached hydrogen (secondary N) is 3. The van der Waals surface area contributed by atoms with Gasteiger partial charge in [0.05, 0.1) is 5.56 Å². The molecule has 4 rings (SSSR count). The molecule has 0 radical (unpaired) electrons. The summed E-state index contributed by atoms with van der Waals surface area (Å²) < 4.78 is 66.2. The molecule has 7 nitrogen and oxygen atoms in total. The maximum Gasteiger partial charge on any atom is 0.416 e. The summed E-state index contributed by atoms with van der Waals surface area (Å²) in [6.45, 7) is -0.0525. The number of aromatic nitrogens is 2. The predicted octanol–water partition coefficient (Wildman–Crippen LogP) is 5.07. The van der Waals surface area contributed by atoms with E-state index in [-0.39, 0.29) is 30.2 Å². The molecule has 38 heavy (non-hydrogen) atoms. The smallest absolute Gasteiger partial charge is 0.353 e. The molecule has 1 heterocycles. The highest BCUT2D eigenvalue weighted by Crippen LogP contribution is 2.29. The van der Waals surface area contributed by atoms with E-state index in [1.807, 2.05) is 0 Å². The summed E-state index contributed by atoms with van der Waals surface area (Å²) in [6.07, 6.45) is 1.74. The molecule has 1 amide bonds. The lowest BCUT2D eigenvalue weighted by molar-refractivity contribution is -0.137. The van der Waals surface area contributed by atoms with Crippen LogP contribution in [0.2, 0.25) is 0 Å². The van der Waals surface area contributed by atoms with E-state index in [0.29, 0.717) is 24.4 Å². The monoisotopic (exact) mass is 532 g/mol. The minimum absolute atomic E-state index is 0.0277. The standard InChI is InChI=1S/C26H25F5N6O/c27-21-10-5-17(14-22(21)28)23(38)37-25(34-15-16-3-1-4-18(13-16)26(29,30)31)36-20-8-6-19(7-9-20)35-24-32-11-2-12-33-24/h1-5,10-14,19-20H,6-9,15H2,(H,32,33,35)(H2,34,36,37,38)/t19-,20-. The fraction of sp³-hybridized carbons (Fsp3) is 0.308. The van der Waals surface area contributed by atoms with Gasteiger partial charge in [0.2, 0.25) is 5.95 Å². The molecule has 0 atom stereocenters. The highest BCUT2D eigenvalue weighted by atomic mass is 19.4. The Balaban J connectivity index is 1.45. The Morgan fingerprint density at radius 1 is 0.921 bits per heavy atom. The zero-order chi connectivity index (χ0) is 27.1. The first-order chi connectivity index (χ1) is 18.2. The van der Waals surface area contributed by atoms with Gasteiger partial charge < -0.3 is 16.0 Å². The number of amides is 1. The third-order valence-corrected chi connectivity index (χ3v) is 6.06. The third-order valence-electron chi connectivity index (χ3n) is 6.06. The van der Waals surface area contributed by atoms with Gasteiger partial charge in [0, 0.05) is 36.6 Å². The minimum atomic E-state index is -4.49. The minimum Gasteiger partial charge on any atom is -0.353 e. The number of halogens is 5. The van der Waals surface area contributed by atoms with E-state index in [4.69, 9.17) is 0 Å². The lowest BCUT2D eigenvalue weighted by Gasteiger charge is -2.30. The zero-order valence-electron chi connectivity index (χ0n) is 20.1. The van der Waals surface area contributed by atoms with Gasteiger partial charge in [-0.25, -0.2) is 18.7 Å². The third kappa shape index (κ3) is 7.46. The van der Waals surface area contributed by atoms with Crippen molar-refractivity contribution < 1.29 is 26.7 Å². The van der Waals surface area contributed by atoms with Crippen LogP contribution in [-0.2, 0) is 12.7 Å². The van der Waals surface area contributed by atoms with Gasteiger partial charge in [-0.05, 0) is 67.6 Å². The lowest BCUT2D eigenvalue weighted by Crippen LogP contribution is -2.46.